The molecule has 0 bridgehead atoms. The first-order valence-corrected chi connectivity index (χ1v) is 9.58. The maximum absolute atomic E-state index is 12.9. The van der Waals surface area contributed by atoms with Crippen LogP contribution in [0.1, 0.15) is 25.7 Å². The van der Waals surface area contributed by atoms with Crippen LogP contribution in [0.3, 0.4) is 0 Å². The molecule has 0 saturated heterocycles. The van der Waals surface area contributed by atoms with Crippen LogP contribution in [0.2, 0.25) is 0 Å². The maximum atomic E-state index is 12.9. The Balaban J connectivity index is 1.95. The third-order valence-electron chi connectivity index (χ3n) is 3.83. The van der Waals surface area contributed by atoms with Crippen LogP contribution in [0.25, 0.3) is 5.65 Å². The highest BCUT2D eigenvalue weighted by Crippen LogP contribution is 2.28. The van der Waals surface area contributed by atoms with Crippen LogP contribution in [0.5, 0.6) is 5.75 Å². The molecule has 3 rings (SSSR count). The minimum absolute atomic E-state index is 0.0862. The van der Waals surface area contributed by atoms with Gasteiger partial charge in [-0.2, -0.15) is 0 Å². The number of methoxy groups -OCH3 is 1. The van der Waals surface area contributed by atoms with Crippen LogP contribution in [0, 0.1) is 0 Å². The van der Waals surface area contributed by atoms with Gasteiger partial charge in [0.2, 0.25) is 15.9 Å². The summed E-state index contributed by atoms with van der Waals surface area (Å²) in [4.78, 5) is 11.2. The van der Waals surface area contributed by atoms with Crippen molar-refractivity contribution >= 4 is 27.3 Å². The van der Waals surface area contributed by atoms with Gasteiger partial charge in [0.1, 0.15) is 10.6 Å². The summed E-state index contributed by atoms with van der Waals surface area (Å²) in [6.45, 7) is 3.01. The summed E-state index contributed by atoms with van der Waals surface area (Å²) in [5, 5.41) is 10.7. The van der Waals surface area contributed by atoms with Crippen molar-refractivity contribution in [2.75, 3.05) is 12.4 Å². The van der Waals surface area contributed by atoms with E-state index < -0.39 is 16.1 Å². The summed E-state index contributed by atoms with van der Waals surface area (Å²) < 4.78 is 35.3. The summed E-state index contributed by atoms with van der Waals surface area (Å²) in [7, 11) is -2.59. The second-order valence-corrected chi connectivity index (χ2v) is 7.56. The molecule has 0 radical (unpaired) electrons. The fourth-order valence-corrected chi connectivity index (χ4v) is 4.07. The van der Waals surface area contributed by atoms with Gasteiger partial charge in [-0.15, -0.1) is 10.2 Å². The number of hydrogen-bond donors (Lipinski definition) is 2. The predicted octanol–water partition coefficient (Wildman–Crippen LogP) is 1.74. The molecule has 9 nitrogen and oxygen atoms in total. The molecule has 2 N–H and O–H groups in total. The molecule has 0 aliphatic carbocycles. The van der Waals surface area contributed by atoms with Crippen LogP contribution in [0.4, 0.5) is 5.69 Å². The van der Waals surface area contributed by atoms with Crippen LogP contribution < -0.4 is 14.8 Å². The van der Waals surface area contributed by atoms with E-state index in [0.29, 0.717) is 17.2 Å². The highest BCUT2D eigenvalue weighted by Gasteiger charge is 2.25. The van der Waals surface area contributed by atoms with Crippen LogP contribution in [-0.2, 0) is 14.8 Å². The van der Waals surface area contributed by atoms with Gasteiger partial charge in [0.15, 0.2) is 11.5 Å². The van der Waals surface area contributed by atoms with Crippen molar-refractivity contribution in [3.05, 3.63) is 48.4 Å². The largest absolute Gasteiger partial charge is 0.495 e. The smallest absolute Gasteiger partial charge is 0.244 e. The Bertz CT molecular complexity index is 1090. The second kappa shape index (κ2) is 7.33. The lowest BCUT2D eigenvalue weighted by Gasteiger charge is -2.16. The first kappa shape index (κ1) is 18.8. The summed E-state index contributed by atoms with van der Waals surface area (Å²) in [5.41, 5.74) is 0.966. The maximum Gasteiger partial charge on any atom is 0.244 e. The average molecular weight is 389 g/mol. The number of nitrogens with one attached hydrogen (secondary N) is 2. The van der Waals surface area contributed by atoms with Crippen molar-refractivity contribution in [2.45, 2.75) is 24.8 Å². The third-order valence-corrected chi connectivity index (χ3v) is 5.39. The SMILES string of the molecule is COc1ccc(NC(C)=O)cc1S(=O)(=O)N[C@@H](C)c1nnc2ccccn12. The van der Waals surface area contributed by atoms with E-state index >= 15 is 0 Å². The van der Waals surface area contributed by atoms with Crippen molar-refractivity contribution in [2.24, 2.45) is 0 Å². The Morgan fingerprint density at radius 3 is 2.70 bits per heavy atom. The zero-order chi connectivity index (χ0) is 19.6. The molecule has 3 aromatic rings. The fraction of sp³-hybridized carbons (Fsp3) is 0.235. The second-order valence-electron chi connectivity index (χ2n) is 5.88. The number of rotatable bonds is 6. The van der Waals surface area contributed by atoms with Gasteiger partial charge >= 0.3 is 0 Å². The summed E-state index contributed by atoms with van der Waals surface area (Å²) >= 11 is 0. The number of fused-ring (bicyclic) bond motifs is 1. The number of benzene rings is 1. The van der Waals surface area contributed by atoms with E-state index in [1.807, 2.05) is 6.07 Å². The number of aromatic nitrogens is 3. The van der Waals surface area contributed by atoms with E-state index in [1.165, 1.54) is 26.2 Å². The first-order valence-electron chi connectivity index (χ1n) is 8.09. The van der Waals surface area contributed by atoms with Gasteiger partial charge in [-0.05, 0) is 37.3 Å². The summed E-state index contributed by atoms with van der Waals surface area (Å²) in [5.74, 6) is 0.306. The zero-order valence-corrected chi connectivity index (χ0v) is 15.8. The number of nitrogens with zero attached hydrogens (tertiary/aromatic N) is 3. The summed E-state index contributed by atoms with van der Waals surface area (Å²) in [6, 6.07) is 9.14. The lowest BCUT2D eigenvalue weighted by atomic mass is 10.3. The molecule has 1 atom stereocenters. The van der Waals surface area contributed by atoms with Gasteiger partial charge in [-0.1, -0.05) is 6.07 Å². The van der Waals surface area contributed by atoms with Crippen LogP contribution >= 0.6 is 0 Å². The Labute approximate surface area is 156 Å². The Kier molecular flexibility index (Phi) is 5.10. The molecule has 0 unspecified atom stereocenters. The molecule has 0 saturated carbocycles. The van der Waals surface area contributed by atoms with Gasteiger partial charge in [-0.25, -0.2) is 13.1 Å². The van der Waals surface area contributed by atoms with Gasteiger partial charge in [0.25, 0.3) is 0 Å². The molecule has 0 spiro atoms. The van der Waals surface area contributed by atoms with Crippen LogP contribution in [-0.4, -0.2) is 36.0 Å². The number of carbonyl (C=O) groups excluding carboxylic acids is 1. The molecule has 142 valence electrons. The molecule has 10 heteroatoms. The molecule has 27 heavy (non-hydrogen) atoms. The van der Waals surface area contributed by atoms with E-state index in [0.717, 1.165) is 0 Å². The van der Waals surface area contributed by atoms with Crippen molar-refractivity contribution < 1.29 is 17.9 Å². The van der Waals surface area contributed by atoms with Crippen LogP contribution in [0.15, 0.2) is 47.5 Å². The standard InChI is InChI=1S/C17H19N5O4S/c1-11(17-20-19-16-6-4-5-9-22(16)17)21-27(24,25)15-10-13(18-12(2)23)7-8-14(15)26-3/h4-11,21H,1-3H3,(H,18,23)/t11-/m0/s1. The highest BCUT2D eigenvalue weighted by atomic mass is 32.2. The normalized spacial score (nSPS) is 12.7. The van der Waals surface area contributed by atoms with Crippen molar-refractivity contribution in [1.29, 1.82) is 0 Å². The van der Waals surface area contributed by atoms with E-state index in [-0.39, 0.29) is 16.6 Å². The Morgan fingerprint density at radius 2 is 2.00 bits per heavy atom. The fourth-order valence-electron chi connectivity index (χ4n) is 2.67. The third kappa shape index (κ3) is 3.91. The number of amides is 1. The van der Waals surface area contributed by atoms with Crippen molar-refractivity contribution in [3.8, 4) is 5.75 Å². The average Bonchev–Trinajstić information content (AvgIpc) is 3.05. The molecule has 2 aromatic heterocycles. The Hall–Kier alpha value is -2.98. The predicted molar refractivity (Wildman–Crippen MR) is 99.0 cm³/mol. The summed E-state index contributed by atoms with van der Waals surface area (Å²) in [6.07, 6.45) is 1.76. The van der Waals surface area contributed by atoms with E-state index in [2.05, 4.69) is 20.2 Å². The van der Waals surface area contributed by atoms with Gasteiger partial charge in [0.05, 0.1) is 13.2 Å². The monoisotopic (exact) mass is 389 g/mol. The highest BCUT2D eigenvalue weighted by molar-refractivity contribution is 7.89. The molecule has 2 heterocycles. The number of carbonyl (C=O) groups is 1. The van der Waals surface area contributed by atoms with Gasteiger partial charge in [-0.3, -0.25) is 9.20 Å². The minimum atomic E-state index is -3.96. The molecule has 0 aliphatic heterocycles. The number of anilines is 1. The number of pyridine rings is 1. The molecular formula is C17H19N5O4S. The first-order chi connectivity index (χ1) is 12.8. The Morgan fingerprint density at radius 1 is 1.22 bits per heavy atom. The lowest BCUT2D eigenvalue weighted by Crippen LogP contribution is -2.28. The molecular weight excluding hydrogens is 370 g/mol. The lowest BCUT2D eigenvalue weighted by molar-refractivity contribution is -0.114. The van der Waals surface area contributed by atoms with Gasteiger partial charge < -0.3 is 10.1 Å². The van der Waals surface area contributed by atoms with Crippen molar-refractivity contribution in [1.82, 2.24) is 19.3 Å². The zero-order valence-electron chi connectivity index (χ0n) is 15.0. The van der Waals surface area contributed by atoms with E-state index in [4.69, 9.17) is 4.74 Å². The molecule has 1 amide bonds. The molecule has 1 aromatic carbocycles. The van der Waals surface area contributed by atoms with Gasteiger partial charge in [0, 0.05) is 18.8 Å². The number of hydrogen-bond acceptors (Lipinski definition) is 6. The van der Waals surface area contributed by atoms with Crippen molar-refractivity contribution in [3.63, 3.8) is 0 Å². The minimum Gasteiger partial charge on any atom is -0.495 e. The molecule has 0 aliphatic rings. The quantitative estimate of drug-likeness (QED) is 0.664. The van der Waals surface area contributed by atoms with E-state index in [9.17, 15) is 13.2 Å². The number of sulfonamides is 1. The van der Waals surface area contributed by atoms with E-state index in [1.54, 1.807) is 35.7 Å². The topological polar surface area (TPSA) is 115 Å². The number of ether oxygens (including phenoxy) is 1. The molecule has 0 fully saturated rings.